The summed E-state index contributed by atoms with van der Waals surface area (Å²) < 4.78 is 5.01. The second kappa shape index (κ2) is 27.1. The van der Waals surface area contributed by atoms with Gasteiger partial charge in [0.15, 0.2) is 0 Å². The van der Waals surface area contributed by atoms with Gasteiger partial charge in [-0.1, -0.05) is 71.6 Å². The third kappa shape index (κ3) is 33.0. The number of unbranched alkanes of at least 4 members (excludes halogenated alkanes) is 9. The second-order valence-electron chi connectivity index (χ2n) is 5.89. The third-order valence-corrected chi connectivity index (χ3v) is 3.42. The van der Waals surface area contributed by atoms with Crippen molar-refractivity contribution in [3.63, 3.8) is 0 Å². The van der Waals surface area contributed by atoms with E-state index in [0.717, 1.165) is 12.8 Å². The van der Waals surface area contributed by atoms with Gasteiger partial charge in [-0.25, -0.2) is 0 Å². The van der Waals surface area contributed by atoms with Gasteiger partial charge in [0.2, 0.25) is 0 Å². The molecule has 1 unspecified atom stereocenters. The molecule has 0 rings (SSSR count). The zero-order valence-electron chi connectivity index (χ0n) is 19.3. The van der Waals surface area contributed by atoms with Gasteiger partial charge in [0.25, 0.3) is 0 Å². The molecule has 1 atom stereocenters. The Kier molecular flexibility index (Phi) is 36.3. The van der Waals surface area contributed by atoms with E-state index in [9.17, 15) is 9.59 Å². The molecule has 0 aromatic carbocycles. The van der Waals surface area contributed by atoms with Crippen LogP contribution in [0.25, 0.3) is 0 Å². The first kappa shape index (κ1) is 33.5. The topological polar surface area (TPSA) is 89.6 Å². The Morgan fingerprint density at radius 2 is 1.28 bits per heavy atom. The number of ether oxygens (including phenoxy) is 1. The molecule has 0 saturated heterocycles. The van der Waals surface area contributed by atoms with Gasteiger partial charge in [-0.15, -0.1) is 0 Å². The summed E-state index contributed by atoms with van der Waals surface area (Å²) in [6.45, 7) is 6.03. The normalized spacial score (nSPS) is 10.4. The maximum atomic E-state index is 11.1. The molecule has 0 amide bonds. The van der Waals surface area contributed by atoms with E-state index in [1.165, 1.54) is 51.4 Å². The smallest absolute Gasteiger partial charge is 1.00 e. The predicted octanol–water partition coefficient (Wildman–Crippen LogP) is -1.49. The summed E-state index contributed by atoms with van der Waals surface area (Å²) in [6.07, 6.45) is 13.1. The summed E-state index contributed by atoms with van der Waals surface area (Å²) in [7, 11) is 0. The van der Waals surface area contributed by atoms with Crippen LogP contribution in [0.3, 0.4) is 0 Å². The van der Waals surface area contributed by atoms with Crippen molar-refractivity contribution in [2.24, 2.45) is 5.73 Å². The van der Waals surface area contributed by atoms with Crippen LogP contribution in [0.2, 0.25) is 0 Å². The van der Waals surface area contributed by atoms with Crippen molar-refractivity contribution in [2.45, 2.75) is 97.4 Å². The van der Waals surface area contributed by atoms with Crippen molar-refractivity contribution in [3.8, 4) is 0 Å². The quantitative estimate of drug-likeness (QED) is 0.231. The van der Waals surface area contributed by atoms with Crippen LogP contribution in [0.15, 0.2) is 0 Å². The van der Waals surface area contributed by atoms with Crippen LogP contribution in [0, 0.1) is 0 Å². The van der Waals surface area contributed by atoms with Crippen molar-refractivity contribution in [1.29, 1.82) is 0 Å². The van der Waals surface area contributed by atoms with Crippen LogP contribution in [0.4, 0.5) is 0 Å². The van der Waals surface area contributed by atoms with E-state index in [1.54, 1.807) is 13.8 Å². The first-order valence-electron chi connectivity index (χ1n) is 9.09. The van der Waals surface area contributed by atoms with Crippen molar-refractivity contribution < 1.29 is 81.4 Å². The van der Waals surface area contributed by atoms with E-state index < -0.39 is 12.0 Å². The van der Waals surface area contributed by atoms with Crippen LogP contribution < -0.4 is 64.8 Å². The van der Waals surface area contributed by atoms with Crippen molar-refractivity contribution in [3.05, 3.63) is 0 Å². The number of carboxylic acid groups (broad SMARTS) is 1. The van der Waals surface area contributed by atoms with E-state index in [0.29, 0.717) is 6.61 Å². The van der Waals surface area contributed by atoms with Crippen LogP contribution in [-0.2, 0) is 14.3 Å². The van der Waals surface area contributed by atoms with Crippen LogP contribution in [-0.4, -0.2) is 29.7 Å². The fourth-order valence-electron chi connectivity index (χ4n) is 1.89. The summed E-state index contributed by atoms with van der Waals surface area (Å²) in [5.41, 5.74) is 5.39. The summed E-state index contributed by atoms with van der Waals surface area (Å²) in [5.74, 6) is -1.03. The number of carbonyl (C=O) groups is 2. The Labute approximate surface area is 201 Å². The Morgan fingerprint density at radius 3 is 1.60 bits per heavy atom. The van der Waals surface area contributed by atoms with E-state index in [1.807, 2.05) is 0 Å². The minimum Gasteiger partial charge on any atom is -1.00 e. The summed E-state index contributed by atoms with van der Waals surface area (Å²) in [5, 5.41) is 7.72. The molecule has 7 heteroatoms. The van der Waals surface area contributed by atoms with Crippen LogP contribution in [0.1, 0.15) is 94.3 Å². The van der Waals surface area contributed by atoms with Gasteiger partial charge in [0, 0.05) is 6.42 Å². The van der Waals surface area contributed by atoms with Crippen molar-refractivity contribution in [1.82, 2.24) is 0 Å². The summed E-state index contributed by atoms with van der Waals surface area (Å²) >= 11 is 0. The number of hydrogen-bond donors (Lipinski definition) is 2. The molecule has 0 aromatic rings. The average molecular weight is 379 g/mol. The molecule has 25 heavy (non-hydrogen) atoms. The van der Waals surface area contributed by atoms with Crippen LogP contribution >= 0.6 is 0 Å². The van der Waals surface area contributed by atoms with E-state index in [2.05, 4.69) is 6.92 Å². The Morgan fingerprint density at radius 1 is 0.920 bits per heavy atom. The van der Waals surface area contributed by atoms with Gasteiger partial charge >= 0.3 is 71.1 Å². The minimum atomic E-state index is -0.745. The molecule has 3 N–H and O–H groups in total. The zero-order valence-corrected chi connectivity index (χ0v) is 21.3. The molecule has 0 aliphatic rings. The van der Waals surface area contributed by atoms with Gasteiger partial charge in [-0.3, -0.25) is 9.59 Å². The van der Waals surface area contributed by atoms with E-state index >= 15 is 0 Å². The van der Waals surface area contributed by atoms with Gasteiger partial charge < -0.3 is 18.4 Å². The number of rotatable bonds is 13. The molecule has 0 fully saturated rings. The number of hydrogen-bond acceptors (Lipinski definition) is 4. The fraction of sp³-hybridized carbons (Fsp3) is 0.889. The molecule has 0 bridgehead atoms. The van der Waals surface area contributed by atoms with Crippen molar-refractivity contribution in [2.75, 3.05) is 6.61 Å². The van der Waals surface area contributed by atoms with Crippen molar-refractivity contribution >= 4 is 11.9 Å². The molecule has 0 saturated carbocycles. The standard InChI is InChI=1S/C15H31NO2.C3H6O2.2Na.2H/c1-3-4-5-6-7-8-9-10-11-12-13-18-15(17)14(2)16;1-2-3(4)5;;;;/h14H,3-13,16H2,1-2H3;2H2,1H3,(H,4,5);;;;/q;;2*+1;2*-1. The SMILES string of the molecule is CCC(=O)O.CCCCCCCCCCCCOC(=O)C(C)N.[H-].[H-].[Na+].[Na+]. The molecule has 5 nitrogen and oxygen atoms in total. The number of esters is 1. The summed E-state index contributed by atoms with van der Waals surface area (Å²) in [4.78, 5) is 20.4. The van der Waals surface area contributed by atoms with E-state index in [4.69, 9.17) is 15.6 Å². The molecule has 0 radical (unpaired) electrons. The van der Waals surface area contributed by atoms with E-state index in [-0.39, 0.29) is 74.4 Å². The molecule has 0 aliphatic carbocycles. The maximum Gasteiger partial charge on any atom is 1.00 e. The fourth-order valence-corrected chi connectivity index (χ4v) is 1.89. The van der Waals surface area contributed by atoms with Gasteiger partial charge in [0.1, 0.15) is 6.04 Å². The predicted molar refractivity (Wildman–Crippen MR) is 96.6 cm³/mol. The maximum absolute atomic E-state index is 11.1. The molecule has 0 aromatic heterocycles. The number of carboxylic acids is 1. The third-order valence-electron chi connectivity index (χ3n) is 3.42. The van der Waals surface area contributed by atoms with Gasteiger partial charge in [-0.05, 0) is 13.3 Å². The molecule has 0 aliphatic heterocycles. The Bertz CT molecular complexity index is 301. The molecular weight excluding hydrogens is 340 g/mol. The van der Waals surface area contributed by atoms with Gasteiger partial charge in [-0.2, -0.15) is 0 Å². The summed E-state index contributed by atoms with van der Waals surface area (Å²) in [6, 6.07) is -0.492. The van der Waals surface area contributed by atoms with Gasteiger partial charge in [0.05, 0.1) is 6.61 Å². The monoisotopic (exact) mass is 379 g/mol. The first-order chi connectivity index (χ1) is 11.0. The minimum absolute atomic E-state index is 0. The average Bonchev–Trinajstić information content (AvgIpc) is 2.52. The molecule has 0 heterocycles. The number of aliphatic carboxylic acids is 1. The first-order valence-corrected chi connectivity index (χ1v) is 9.09. The molecule has 0 spiro atoms. The number of nitrogens with two attached hydrogens (primary N) is 1. The Hall–Kier alpha value is 0.900. The van der Waals surface area contributed by atoms with Crippen LogP contribution in [0.5, 0.6) is 0 Å². The number of carbonyl (C=O) groups excluding carboxylic acids is 1. The Balaban J connectivity index is -0.000000109. The molecule has 142 valence electrons. The second-order valence-corrected chi connectivity index (χ2v) is 5.89. The molecular formula is C18H39NNa2O4. The largest absolute Gasteiger partial charge is 1.00 e. The zero-order chi connectivity index (χ0) is 17.9.